The Balaban J connectivity index is 1.54. The van der Waals surface area contributed by atoms with Crippen molar-refractivity contribution in [2.75, 3.05) is 23.7 Å². The summed E-state index contributed by atoms with van der Waals surface area (Å²) in [5.74, 6) is 0. The lowest BCUT2D eigenvalue weighted by atomic mass is 10.2. The lowest BCUT2D eigenvalue weighted by Crippen LogP contribution is -2.50. The van der Waals surface area contributed by atoms with E-state index in [0.717, 1.165) is 28.5 Å². The maximum absolute atomic E-state index is 12.4. The molecule has 1 amide bonds. The topological polar surface area (TPSA) is 71.7 Å². The molecule has 2 atom stereocenters. The number of piperazine rings is 1. The number of hydrogen-bond donors (Lipinski definition) is 1. The normalized spacial score (nSPS) is 22.3. The summed E-state index contributed by atoms with van der Waals surface area (Å²) in [5.41, 5.74) is 6.42. The molecule has 140 valence electrons. The molecule has 4 rings (SSSR count). The largest absolute Gasteiger partial charge is 0.444 e. The van der Waals surface area contributed by atoms with Crippen LogP contribution in [0.5, 0.6) is 0 Å². The molecular weight excluding hydrogens is 392 g/mol. The van der Waals surface area contributed by atoms with Crippen molar-refractivity contribution in [3.63, 3.8) is 0 Å². The van der Waals surface area contributed by atoms with Crippen LogP contribution < -0.4 is 10.6 Å². The van der Waals surface area contributed by atoms with Gasteiger partial charge in [-0.2, -0.15) is 0 Å². The van der Waals surface area contributed by atoms with Gasteiger partial charge in [-0.25, -0.2) is 9.78 Å². The van der Waals surface area contributed by atoms with Crippen LogP contribution in [-0.4, -0.2) is 46.8 Å². The number of anilines is 2. The van der Waals surface area contributed by atoms with Gasteiger partial charge in [0.2, 0.25) is 0 Å². The highest BCUT2D eigenvalue weighted by Gasteiger charge is 2.47. The number of carbonyl (C=O) groups is 1. The average molecular weight is 413 g/mol. The minimum Gasteiger partial charge on any atom is -0.444 e. The zero-order chi connectivity index (χ0) is 18.6. The maximum atomic E-state index is 12.4. The number of hydrogen-bond acceptors (Lipinski definition) is 7. The Morgan fingerprint density at radius 2 is 2.15 bits per heavy atom. The van der Waals surface area contributed by atoms with Crippen LogP contribution >= 0.6 is 34.3 Å². The SMILES string of the molecule is CC(C)(C)OC(=O)N1CC2CC1CN2c1sc(N)nc1-c1cc(Cl)cs1. The van der Waals surface area contributed by atoms with Crippen LogP contribution in [0.1, 0.15) is 27.2 Å². The monoisotopic (exact) mass is 412 g/mol. The third-order valence-electron chi connectivity index (χ3n) is 4.56. The molecule has 6 nitrogen and oxygen atoms in total. The standard InChI is InChI=1S/C17H21ClN4O2S2/c1-17(2,3)24-16(23)22-7-10-5-11(22)6-21(10)14-13(20-15(19)26-14)12-4-9(18)8-25-12/h4,8,10-11H,5-7H2,1-3H3,(H2,19,20). The van der Waals surface area contributed by atoms with Crippen molar-refractivity contribution in [2.45, 2.75) is 44.9 Å². The van der Waals surface area contributed by atoms with Crippen LogP contribution in [0.15, 0.2) is 11.4 Å². The number of amides is 1. The van der Waals surface area contributed by atoms with Gasteiger partial charge in [-0.15, -0.1) is 11.3 Å². The smallest absolute Gasteiger partial charge is 0.410 e. The van der Waals surface area contributed by atoms with Crippen molar-refractivity contribution in [1.29, 1.82) is 0 Å². The molecule has 2 unspecified atom stereocenters. The number of nitrogens with zero attached hydrogens (tertiary/aromatic N) is 3. The number of rotatable bonds is 2. The van der Waals surface area contributed by atoms with E-state index in [4.69, 9.17) is 22.1 Å². The molecule has 0 spiro atoms. The van der Waals surface area contributed by atoms with Crippen LogP contribution in [-0.2, 0) is 4.74 Å². The van der Waals surface area contributed by atoms with Crippen LogP contribution in [0.2, 0.25) is 5.02 Å². The molecule has 2 N–H and O–H groups in total. The van der Waals surface area contributed by atoms with Crippen LogP contribution in [0.3, 0.4) is 0 Å². The maximum Gasteiger partial charge on any atom is 0.410 e. The van der Waals surface area contributed by atoms with Crippen molar-refractivity contribution < 1.29 is 9.53 Å². The number of carbonyl (C=O) groups excluding carboxylic acids is 1. The number of halogens is 1. The summed E-state index contributed by atoms with van der Waals surface area (Å²) in [6, 6.07) is 2.35. The van der Waals surface area contributed by atoms with Gasteiger partial charge in [0.25, 0.3) is 0 Å². The van der Waals surface area contributed by atoms with Crippen LogP contribution in [0.25, 0.3) is 10.6 Å². The highest BCUT2D eigenvalue weighted by Crippen LogP contribution is 2.45. The summed E-state index contributed by atoms with van der Waals surface area (Å²) in [5, 5.41) is 4.22. The number of nitrogens with two attached hydrogens (primary N) is 1. The van der Waals surface area contributed by atoms with E-state index in [9.17, 15) is 4.79 Å². The number of aromatic nitrogens is 1. The Morgan fingerprint density at radius 1 is 1.38 bits per heavy atom. The molecule has 2 aliphatic rings. The number of likely N-dealkylation sites (tertiary alicyclic amines) is 1. The van der Waals surface area contributed by atoms with Gasteiger partial charge < -0.3 is 20.3 Å². The fraction of sp³-hybridized carbons (Fsp3) is 0.529. The minimum atomic E-state index is -0.476. The van der Waals surface area contributed by atoms with Gasteiger partial charge in [0, 0.05) is 24.5 Å². The third-order valence-corrected chi connectivity index (χ3v) is 6.76. The van der Waals surface area contributed by atoms with Crippen LogP contribution in [0.4, 0.5) is 14.9 Å². The molecule has 0 aliphatic carbocycles. The fourth-order valence-corrected chi connectivity index (χ4v) is 5.64. The summed E-state index contributed by atoms with van der Waals surface area (Å²) in [6.45, 7) is 7.12. The summed E-state index contributed by atoms with van der Waals surface area (Å²) in [6.07, 6.45) is 0.723. The molecule has 2 aromatic rings. The van der Waals surface area contributed by atoms with Crippen molar-refractivity contribution in [3.8, 4) is 10.6 Å². The summed E-state index contributed by atoms with van der Waals surface area (Å²) >= 11 is 9.14. The van der Waals surface area contributed by atoms with Gasteiger partial charge in [0.05, 0.1) is 15.9 Å². The molecule has 0 aromatic carbocycles. The zero-order valence-corrected chi connectivity index (χ0v) is 17.2. The van der Waals surface area contributed by atoms with Crippen LogP contribution in [0, 0.1) is 0 Å². The quantitative estimate of drug-likeness (QED) is 0.795. The summed E-state index contributed by atoms with van der Waals surface area (Å²) in [4.78, 5) is 22.2. The van der Waals surface area contributed by atoms with E-state index >= 15 is 0 Å². The molecule has 2 fully saturated rings. The predicted molar refractivity (Wildman–Crippen MR) is 107 cm³/mol. The first-order chi connectivity index (χ1) is 12.2. The number of nitrogen functional groups attached to an aromatic ring is 1. The van der Waals surface area contributed by atoms with E-state index in [-0.39, 0.29) is 18.2 Å². The molecule has 4 heterocycles. The number of thiazole rings is 1. The Labute approximate surface area is 165 Å². The lowest BCUT2D eigenvalue weighted by Gasteiger charge is -2.35. The molecular formula is C17H21ClN4O2S2. The van der Waals surface area contributed by atoms with Gasteiger partial charge in [-0.1, -0.05) is 22.9 Å². The van der Waals surface area contributed by atoms with Gasteiger partial charge in [-0.05, 0) is 33.3 Å². The second kappa shape index (κ2) is 6.28. The van der Waals surface area contributed by atoms with E-state index in [1.165, 1.54) is 11.3 Å². The molecule has 26 heavy (non-hydrogen) atoms. The first kappa shape index (κ1) is 17.9. The second-order valence-corrected chi connectivity index (χ2v) is 10.0. The fourth-order valence-electron chi connectivity index (χ4n) is 3.58. The molecule has 2 saturated heterocycles. The average Bonchev–Trinajstić information content (AvgIpc) is 3.27. The van der Waals surface area contributed by atoms with E-state index in [0.29, 0.717) is 16.7 Å². The van der Waals surface area contributed by atoms with Crippen molar-refractivity contribution in [3.05, 3.63) is 16.5 Å². The molecule has 2 aromatic heterocycles. The van der Waals surface area contributed by atoms with Gasteiger partial charge in [-0.3, -0.25) is 0 Å². The Kier molecular flexibility index (Phi) is 4.32. The zero-order valence-electron chi connectivity index (χ0n) is 14.9. The number of ether oxygens (including phenoxy) is 1. The van der Waals surface area contributed by atoms with E-state index in [1.54, 1.807) is 11.3 Å². The molecule has 2 bridgehead atoms. The highest BCUT2D eigenvalue weighted by atomic mass is 35.5. The Hall–Kier alpha value is -1.51. The lowest BCUT2D eigenvalue weighted by molar-refractivity contribution is 0.0215. The molecule has 0 radical (unpaired) electrons. The predicted octanol–water partition coefficient (Wildman–Crippen LogP) is 4.31. The summed E-state index contributed by atoms with van der Waals surface area (Å²) < 4.78 is 5.54. The third kappa shape index (κ3) is 3.25. The second-order valence-electron chi connectivity index (χ2n) is 7.66. The first-order valence-corrected chi connectivity index (χ1v) is 10.6. The van der Waals surface area contributed by atoms with Gasteiger partial charge in [0.15, 0.2) is 5.13 Å². The van der Waals surface area contributed by atoms with E-state index in [1.807, 2.05) is 37.1 Å². The Bertz CT molecular complexity index is 844. The first-order valence-electron chi connectivity index (χ1n) is 8.48. The van der Waals surface area contributed by atoms with Crippen molar-refractivity contribution in [2.24, 2.45) is 0 Å². The van der Waals surface area contributed by atoms with Crippen molar-refractivity contribution >= 4 is 50.5 Å². The number of fused-ring (bicyclic) bond motifs is 2. The molecule has 9 heteroatoms. The number of thiophene rings is 1. The molecule has 0 saturated carbocycles. The highest BCUT2D eigenvalue weighted by molar-refractivity contribution is 7.20. The van der Waals surface area contributed by atoms with Crippen molar-refractivity contribution in [1.82, 2.24) is 9.88 Å². The minimum absolute atomic E-state index is 0.165. The van der Waals surface area contributed by atoms with E-state index < -0.39 is 5.60 Å². The Morgan fingerprint density at radius 3 is 2.73 bits per heavy atom. The summed E-state index contributed by atoms with van der Waals surface area (Å²) in [7, 11) is 0. The molecule has 2 aliphatic heterocycles. The van der Waals surface area contributed by atoms with Gasteiger partial charge in [0.1, 0.15) is 16.3 Å². The van der Waals surface area contributed by atoms with Gasteiger partial charge >= 0.3 is 6.09 Å². The van der Waals surface area contributed by atoms with E-state index in [2.05, 4.69) is 9.88 Å².